The van der Waals surface area contributed by atoms with Gasteiger partial charge < -0.3 is 23.7 Å². The molecule has 0 N–H and O–H groups in total. The minimum atomic E-state index is -4.23. The first-order valence-electron chi connectivity index (χ1n) is 9.74. The predicted molar refractivity (Wildman–Crippen MR) is 115 cm³/mol. The first-order chi connectivity index (χ1) is 15.1. The molecule has 2 aromatic rings. The van der Waals surface area contributed by atoms with Crippen molar-refractivity contribution in [2.24, 2.45) is 0 Å². The van der Waals surface area contributed by atoms with E-state index >= 15 is 0 Å². The van der Waals surface area contributed by atoms with Gasteiger partial charge in [0.25, 0.3) is 0 Å². The number of hydrogen-bond acceptors (Lipinski definition) is 10. The average molecular weight is 472 g/mol. The van der Waals surface area contributed by atoms with E-state index < -0.39 is 33.3 Å². The summed E-state index contributed by atoms with van der Waals surface area (Å²) in [4.78, 5) is 24.0. The minimum absolute atomic E-state index is 0.205. The molecule has 0 amide bonds. The van der Waals surface area contributed by atoms with Gasteiger partial charge in [-0.05, 0) is 38.2 Å². The molecule has 0 aliphatic carbocycles. The molecule has 0 fully saturated rings. The SMILES string of the molecule is COc1ccc2c(CCN(C)C)cn(COP(=O)(OCOC(C)=O)OCOC(C)=O)c2c1. The molecular formula is C20H29N2O9P. The number of nitrogens with zero attached hydrogens (tertiary/aromatic N) is 2. The maximum Gasteiger partial charge on any atom is 0.482 e. The first-order valence-corrected chi connectivity index (χ1v) is 11.2. The van der Waals surface area contributed by atoms with Crippen molar-refractivity contribution in [2.45, 2.75) is 27.0 Å². The summed E-state index contributed by atoms with van der Waals surface area (Å²) in [7, 11) is 1.31. The topological polar surface area (TPSA) is 115 Å². The van der Waals surface area contributed by atoms with Crippen LogP contribution in [0.3, 0.4) is 0 Å². The molecule has 0 aliphatic heterocycles. The number of fused-ring (bicyclic) bond motifs is 1. The molecule has 0 spiro atoms. The Morgan fingerprint density at radius 1 is 1.03 bits per heavy atom. The molecule has 0 unspecified atom stereocenters. The molecule has 12 heteroatoms. The second-order valence-electron chi connectivity index (χ2n) is 7.03. The van der Waals surface area contributed by atoms with Crippen molar-refractivity contribution in [1.29, 1.82) is 0 Å². The number of likely N-dealkylation sites (N-methyl/N-ethyl adjacent to an activating group) is 1. The van der Waals surface area contributed by atoms with Crippen molar-refractivity contribution >= 4 is 30.7 Å². The normalized spacial score (nSPS) is 11.7. The van der Waals surface area contributed by atoms with Crippen LogP contribution in [0.1, 0.15) is 19.4 Å². The van der Waals surface area contributed by atoms with Crippen molar-refractivity contribution in [1.82, 2.24) is 9.47 Å². The zero-order chi connectivity index (χ0) is 23.7. The number of benzene rings is 1. The van der Waals surface area contributed by atoms with E-state index in [1.54, 1.807) is 11.7 Å². The van der Waals surface area contributed by atoms with E-state index in [0.29, 0.717) is 5.75 Å². The Morgan fingerprint density at radius 3 is 2.19 bits per heavy atom. The molecule has 0 aliphatic rings. The monoisotopic (exact) mass is 472 g/mol. The van der Waals surface area contributed by atoms with Crippen LogP contribution in [-0.4, -0.2) is 62.7 Å². The fourth-order valence-corrected chi connectivity index (χ4v) is 3.57. The Labute approximate surface area is 186 Å². The fourth-order valence-electron chi connectivity index (χ4n) is 2.72. The Balaban J connectivity index is 2.23. The number of carbonyl (C=O) groups is 2. The number of ether oxygens (including phenoxy) is 3. The van der Waals surface area contributed by atoms with Gasteiger partial charge in [0.05, 0.1) is 12.6 Å². The lowest BCUT2D eigenvalue weighted by atomic mass is 10.1. The highest BCUT2D eigenvalue weighted by atomic mass is 31.2. The molecule has 0 radical (unpaired) electrons. The van der Waals surface area contributed by atoms with Crippen molar-refractivity contribution < 1.29 is 41.9 Å². The van der Waals surface area contributed by atoms with Gasteiger partial charge in [0.2, 0.25) is 13.6 Å². The van der Waals surface area contributed by atoms with Gasteiger partial charge in [0, 0.05) is 38.0 Å². The predicted octanol–water partition coefficient (Wildman–Crippen LogP) is 2.91. The van der Waals surface area contributed by atoms with Crippen molar-refractivity contribution in [2.75, 3.05) is 41.3 Å². The van der Waals surface area contributed by atoms with Crippen LogP contribution in [0, 0.1) is 0 Å². The van der Waals surface area contributed by atoms with Crippen LogP contribution in [0.5, 0.6) is 5.75 Å². The maximum absolute atomic E-state index is 12.9. The summed E-state index contributed by atoms with van der Waals surface area (Å²) in [5.41, 5.74) is 1.86. The number of esters is 2. The third-order valence-electron chi connectivity index (χ3n) is 4.30. The molecule has 1 heterocycles. The Kier molecular flexibility index (Phi) is 9.67. The van der Waals surface area contributed by atoms with E-state index in [0.717, 1.165) is 29.4 Å². The molecule has 11 nitrogen and oxygen atoms in total. The number of rotatable bonds is 13. The van der Waals surface area contributed by atoms with Crippen LogP contribution in [0.15, 0.2) is 24.4 Å². The lowest BCUT2D eigenvalue weighted by Crippen LogP contribution is -2.14. The van der Waals surface area contributed by atoms with Crippen molar-refractivity contribution in [3.63, 3.8) is 0 Å². The summed E-state index contributed by atoms with van der Waals surface area (Å²) in [6.45, 7) is 1.67. The number of methoxy groups -OCH3 is 1. The highest BCUT2D eigenvalue weighted by Crippen LogP contribution is 2.50. The van der Waals surface area contributed by atoms with Gasteiger partial charge in [0.15, 0.2) is 0 Å². The lowest BCUT2D eigenvalue weighted by Gasteiger charge is -2.18. The van der Waals surface area contributed by atoms with Gasteiger partial charge in [-0.2, -0.15) is 0 Å². The van der Waals surface area contributed by atoms with Gasteiger partial charge in [-0.3, -0.25) is 14.1 Å². The Bertz CT molecular complexity index is 949. The first kappa shape index (κ1) is 25.8. The molecule has 0 atom stereocenters. The molecule has 0 saturated heterocycles. The van der Waals surface area contributed by atoms with Crippen LogP contribution in [0.25, 0.3) is 10.9 Å². The summed E-state index contributed by atoms with van der Waals surface area (Å²) >= 11 is 0. The summed E-state index contributed by atoms with van der Waals surface area (Å²) in [6.07, 6.45) is 2.67. The van der Waals surface area contributed by atoms with Crippen LogP contribution >= 0.6 is 7.82 Å². The van der Waals surface area contributed by atoms with Crippen molar-refractivity contribution in [3.05, 3.63) is 30.0 Å². The molecule has 0 bridgehead atoms. The van der Waals surface area contributed by atoms with Crippen LogP contribution in [0.4, 0.5) is 0 Å². The second kappa shape index (κ2) is 12.0. The maximum atomic E-state index is 12.9. The highest BCUT2D eigenvalue weighted by Gasteiger charge is 2.29. The summed E-state index contributed by atoms with van der Waals surface area (Å²) in [6, 6.07) is 5.65. The van der Waals surface area contributed by atoms with Crippen LogP contribution in [0.2, 0.25) is 0 Å². The zero-order valence-corrected chi connectivity index (χ0v) is 19.8. The standard InChI is InChI=1S/C20H29N2O9P/c1-15(23)27-13-30-32(25,31-14-28-16(2)24)29-12-22-11-17(8-9-21(3)4)19-7-6-18(26-5)10-20(19)22/h6-7,10-11H,8-9,12-14H2,1-5H3. The molecule has 178 valence electrons. The van der Waals surface area contributed by atoms with Gasteiger partial charge >= 0.3 is 19.8 Å². The summed E-state index contributed by atoms with van der Waals surface area (Å²) < 4.78 is 44.8. The second-order valence-corrected chi connectivity index (χ2v) is 8.70. The Hall–Kier alpha value is -2.43. The molecule has 32 heavy (non-hydrogen) atoms. The van der Waals surface area contributed by atoms with E-state index in [-0.39, 0.29) is 6.73 Å². The van der Waals surface area contributed by atoms with Gasteiger partial charge in [-0.25, -0.2) is 13.6 Å². The number of aromatic nitrogens is 1. The third-order valence-corrected chi connectivity index (χ3v) is 5.58. The van der Waals surface area contributed by atoms with Crippen LogP contribution < -0.4 is 4.74 Å². The van der Waals surface area contributed by atoms with E-state index in [2.05, 4.69) is 14.4 Å². The van der Waals surface area contributed by atoms with Gasteiger partial charge in [0.1, 0.15) is 12.5 Å². The minimum Gasteiger partial charge on any atom is -0.497 e. The molecule has 1 aromatic heterocycles. The van der Waals surface area contributed by atoms with E-state index in [4.69, 9.17) is 18.3 Å². The summed E-state index contributed by atoms with van der Waals surface area (Å²) in [5, 5.41) is 0.993. The number of hydrogen-bond donors (Lipinski definition) is 0. The van der Waals surface area contributed by atoms with E-state index in [1.165, 1.54) is 13.8 Å². The molecular weight excluding hydrogens is 443 g/mol. The van der Waals surface area contributed by atoms with Gasteiger partial charge in [-0.15, -0.1) is 0 Å². The molecule has 1 aromatic carbocycles. The summed E-state index contributed by atoms with van der Waals surface area (Å²) in [5.74, 6) is -0.618. The van der Waals surface area contributed by atoms with Crippen LogP contribution in [-0.2, 0) is 50.4 Å². The lowest BCUT2D eigenvalue weighted by molar-refractivity contribution is -0.151. The van der Waals surface area contributed by atoms with Crippen molar-refractivity contribution in [3.8, 4) is 5.75 Å². The number of phosphoric acid groups is 1. The van der Waals surface area contributed by atoms with E-state index in [9.17, 15) is 14.2 Å². The Morgan fingerprint density at radius 2 is 1.66 bits per heavy atom. The molecule has 0 saturated carbocycles. The quantitative estimate of drug-likeness (QED) is 0.245. The number of phosphoric ester groups is 1. The highest BCUT2D eigenvalue weighted by molar-refractivity contribution is 7.48. The third kappa shape index (κ3) is 7.92. The number of carbonyl (C=O) groups excluding carboxylic acids is 2. The average Bonchev–Trinajstić information content (AvgIpc) is 3.07. The van der Waals surface area contributed by atoms with E-state index in [1.807, 2.05) is 38.5 Å². The fraction of sp³-hybridized carbons (Fsp3) is 0.500. The smallest absolute Gasteiger partial charge is 0.482 e. The van der Waals surface area contributed by atoms with Gasteiger partial charge in [-0.1, -0.05) is 0 Å². The largest absolute Gasteiger partial charge is 0.497 e. The molecule has 2 rings (SSSR count). The zero-order valence-electron chi connectivity index (χ0n) is 18.9.